The molecule has 34 heavy (non-hydrogen) atoms. The summed E-state index contributed by atoms with van der Waals surface area (Å²) in [5.74, 6) is 0.782. The highest BCUT2D eigenvalue weighted by Gasteiger charge is 2.29. The molecule has 6 heteroatoms. The first-order chi connectivity index (χ1) is 16.8. The number of benzene rings is 3. The lowest BCUT2D eigenvalue weighted by Crippen LogP contribution is -2.45. The van der Waals surface area contributed by atoms with E-state index in [0.29, 0.717) is 26.1 Å². The van der Waals surface area contributed by atoms with Crippen molar-refractivity contribution >= 4 is 11.6 Å². The van der Waals surface area contributed by atoms with Crippen LogP contribution in [0.5, 0.6) is 5.75 Å². The van der Waals surface area contributed by atoms with Crippen LogP contribution >= 0.6 is 0 Å². The van der Waals surface area contributed by atoms with Crippen LogP contribution < -0.4 is 10.1 Å². The van der Waals surface area contributed by atoms with Crippen LogP contribution in [0.3, 0.4) is 0 Å². The quantitative estimate of drug-likeness (QED) is 0.489. The topological polar surface area (TPSA) is 67.4 Å². The zero-order valence-electron chi connectivity index (χ0n) is 18.8. The van der Waals surface area contributed by atoms with Gasteiger partial charge < -0.3 is 15.0 Å². The van der Waals surface area contributed by atoms with Crippen LogP contribution in [0.15, 0.2) is 97.3 Å². The zero-order chi connectivity index (χ0) is 23.2. The van der Waals surface area contributed by atoms with Crippen molar-refractivity contribution in [1.29, 1.82) is 0 Å². The number of nitrogens with one attached hydrogen (secondary N) is 1. The van der Waals surface area contributed by atoms with Crippen molar-refractivity contribution in [3.63, 3.8) is 0 Å². The number of aromatic nitrogens is 2. The smallest absolute Gasteiger partial charge is 0.292 e. The molecule has 0 spiro atoms. The third-order valence-electron chi connectivity index (χ3n) is 6.00. The maximum Gasteiger partial charge on any atom is 0.292 e. The molecule has 0 saturated heterocycles. The molecule has 6 nitrogen and oxygen atoms in total. The van der Waals surface area contributed by atoms with Gasteiger partial charge in [-0.3, -0.25) is 4.79 Å². The van der Waals surface area contributed by atoms with Gasteiger partial charge in [-0.15, -0.1) is 0 Å². The Labute approximate surface area is 199 Å². The maximum atomic E-state index is 13.7. The van der Waals surface area contributed by atoms with E-state index in [1.807, 2.05) is 59.5 Å². The third-order valence-corrected chi connectivity index (χ3v) is 6.00. The van der Waals surface area contributed by atoms with Crippen LogP contribution in [0, 0.1) is 0 Å². The van der Waals surface area contributed by atoms with Crippen LogP contribution in [0.1, 0.15) is 27.3 Å². The normalized spacial score (nSPS) is 15.6. The molecular weight excluding hydrogens is 424 g/mol. The van der Waals surface area contributed by atoms with Gasteiger partial charge in [-0.1, -0.05) is 66.7 Å². The Morgan fingerprint density at radius 3 is 2.41 bits per heavy atom. The fraction of sp³-hybridized carbons (Fsp3) is 0.179. The number of rotatable bonds is 3. The summed E-state index contributed by atoms with van der Waals surface area (Å²) in [5.41, 5.74) is 4.23. The second-order valence-corrected chi connectivity index (χ2v) is 8.28. The fourth-order valence-electron chi connectivity index (χ4n) is 4.23. The average Bonchev–Trinajstić information content (AvgIpc) is 2.93. The molecule has 5 rings (SSSR count). The molecular formula is C28H26N4O2. The molecule has 3 aromatic carbocycles. The van der Waals surface area contributed by atoms with Crippen LogP contribution in [-0.2, 0) is 19.5 Å². The molecule has 1 aliphatic rings. The highest BCUT2D eigenvalue weighted by Crippen LogP contribution is 2.26. The number of para-hydroxylation sites is 2. The zero-order valence-corrected chi connectivity index (χ0v) is 18.8. The maximum absolute atomic E-state index is 13.7. The molecule has 0 bridgehead atoms. The molecule has 1 aromatic heterocycles. The summed E-state index contributed by atoms with van der Waals surface area (Å²) in [6.07, 6.45) is 3.85. The van der Waals surface area contributed by atoms with Gasteiger partial charge in [-0.25, -0.2) is 9.97 Å². The monoisotopic (exact) mass is 450 g/mol. The number of fused-ring (bicyclic) bond motifs is 2. The Kier molecular flexibility index (Phi) is 6.47. The second kappa shape index (κ2) is 10.2. The second-order valence-electron chi connectivity index (χ2n) is 8.28. The van der Waals surface area contributed by atoms with Crippen molar-refractivity contribution in [3.8, 4) is 5.75 Å². The van der Waals surface area contributed by atoms with Crippen LogP contribution in [0.25, 0.3) is 0 Å². The van der Waals surface area contributed by atoms with E-state index >= 15 is 0 Å². The van der Waals surface area contributed by atoms with Gasteiger partial charge in [0.05, 0.1) is 6.04 Å². The lowest BCUT2D eigenvalue weighted by atomic mass is 10.0. The van der Waals surface area contributed by atoms with Crippen molar-refractivity contribution in [2.45, 2.75) is 25.6 Å². The summed E-state index contributed by atoms with van der Waals surface area (Å²) < 4.78 is 6.34. The molecule has 0 radical (unpaired) electrons. The SMILES string of the molecule is O=C(c1ncccn1)N1Cc2ccccc2NCc2ccccc2OC[C@@H]1Cc1ccccc1. The molecule has 4 aromatic rings. The molecule has 1 aliphatic heterocycles. The number of hydrogen-bond acceptors (Lipinski definition) is 5. The van der Waals surface area contributed by atoms with E-state index in [1.165, 1.54) is 0 Å². The first-order valence-electron chi connectivity index (χ1n) is 11.4. The highest BCUT2D eigenvalue weighted by atomic mass is 16.5. The Morgan fingerprint density at radius 1 is 0.882 bits per heavy atom. The van der Waals surface area contributed by atoms with Crippen molar-refractivity contribution in [1.82, 2.24) is 14.9 Å². The molecule has 1 N–H and O–H groups in total. The summed E-state index contributed by atoms with van der Waals surface area (Å²) in [7, 11) is 0. The fourth-order valence-corrected chi connectivity index (χ4v) is 4.23. The Hall–Kier alpha value is -4.19. The molecule has 0 fully saturated rings. The van der Waals surface area contributed by atoms with Gasteiger partial charge in [0, 0.05) is 36.7 Å². The molecule has 0 saturated carbocycles. The summed E-state index contributed by atoms with van der Waals surface area (Å²) in [6, 6.07) is 27.8. The summed E-state index contributed by atoms with van der Waals surface area (Å²) in [5, 5.41) is 3.53. The Bertz CT molecular complexity index is 1250. The van der Waals surface area contributed by atoms with Crippen molar-refractivity contribution in [3.05, 3.63) is 120 Å². The van der Waals surface area contributed by atoms with E-state index in [4.69, 9.17) is 4.74 Å². The average molecular weight is 451 g/mol. The summed E-state index contributed by atoms with van der Waals surface area (Å²) >= 11 is 0. The lowest BCUT2D eigenvalue weighted by Gasteiger charge is -2.32. The summed E-state index contributed by atoms with van der Waals surface area (Å²) in [6.45, 7) is 1.40. The van der Waals surface area contributed by atoms with Gasteiger partial charge in [-0.2, -0.15) is 0 Å². The largest absolute Gasteiger partial charge is 0.491 e. The number of hydrogen-bond donors (Lipinski definition) is 1. The van der Waals surface area contributed by atoms with Gasteiger partial charge in [0.15, 0.2) is 0 Å². The van der Waals surface area contributed by atoms with E-state index in [1.54, 1.807) is 18.5 Å². The predicted octanol–water partition coefficient (Wildman–Crippen LogP) is 4.73. The van der Waals surface area contributed by atoms with Gasteiger partial charge in [0.2, 0.25) is 5.82 Å². The lowest BCUT2D eigenvalue weighted by molar-refractivity contribution is 0.0579. The minimum atomic E-state index is -0.224. The minimum absolute atomic E-state index is 0.182. The Morgan fingerprint density at radius 2 is 1.59 bits per heavy atom. The van der Waals surface area contributed by atoms with E-state index in [2.05, 4.69) is 39.6 Å². The first-order valence-corrected chi connectivity index (χ1v) is 11.4. The minimum Gasteiger partial charge on any atom is -0.491 e. The standard InChI is InChI=1S/C28H26N4O2/c33-28(27-29-15-8-16-30-27)32-19-23-12-4-6-13-25(23)31-18-22-11-5-7-14-26(22)34-20-24(32)17-21-9-2-1-3-10-21/h1-16,24,31H,17-20H2/t24-/m0/s1. The number of carbonyl (C=O) groups is 1. The number of nitrogens with zero attached hydrogens (tertiary/aromatic N) is 3. The number of amides is 1. The predicted molar refractivity (Wildman–Crippen MR) is 132 cm³/mol. The van der Waals surface area contributed by atoms with E-state index in [9.17, 15) is 4.79 Å². The van der Waals surface area contributed by atoms with Gasteiger partial charge in [0.25, 0.3) is 5.91 Å². The molecule has 1 atom stereocenters. The van der Waals surface area contributed by atoms with E-state index in [-0.39, 0.29) is 17.8 Å². The van der Waals surface area contributed by atoms with Crippen molar-refractivity contribution in [2.75, 3.05) is 11.9 Å². The van der Waals surface area contributed by atoms with Crippen molar-refractivity contribution in [2.24, 2.45) is 0 Å². The van der Waals surface area contributed by atoms with Gasteiger partial charge >= 0.3 is 0 Å². The van der Waals surface area contributed by atoms with Crippen LogP contribution in [0.4, 0.5) is 5.69 Å². The molecule has 170 valence electrons. The Balaban J connectivity index is 1.58. The van der Waals surface area contributed by atoms with Crippen molar-refractivity contribution < 1.29 is 9.53 Å². The molecule has 0 unspecified atom stereocenters. The number of carbonyl (C=O) groups excluding carboxylic acids is 1. The van der Waals surface area contributed by atoms with Gasteiger partial charge in [0.1, 0.15) is 12.4 Å². The molecule has 1 amide bonds. The van der Waals surface area contributed by atoms with Crippen LogP contribution in [-0.4, -0.2) is 33.4 Å². The molecule has 0 aliphatic carbocycles. The summed E-state index contributed by atoms with van der Waals surface area (Å²) in [4.78, 5) is 24.1. The number of ether oxygens (including phenoxy) is 1. The first kappa shape index (κ1) is 21.6. The number of anilines is 1. The van der Waals surface area contributed by atoms with Gasteiger partial charge in [-0.05, 0) is 35.7 Å². The molecule has 2 heterocycles. The highest BCUT2D eigenvalue weighted by molar-refractivity contribution is 5.90. The van der Waals surface area contributed by atoms with E-state index < -0.39 is 0 Å². The third kappa shape index (κ3) is 4.91. The van der Waals surface area contributed by atoms with E-state index in [0.717, 1.165) is 28.1 Å². The van der Waals surface area contributed by atoms with Crippen LogP contribution in [0.2, 0.25) is 0 Å².